The van der Waals surface area contributed by atoms with Crippen molar-refractivity contribution in [1.29, 1.82) is 0 Å². The summed E-state index contributed by atoms with van der Waals surface area (Å²) in [5.41, 5.74) is -1.08. The Labute approximate surface area is 179 Å². The molecular formula is C19H19N3O8S. The van der Waals surface area contributed by atoms with E-state index in [0.717, 1.165) is 53.7 Å². The molecule has 3 rings (SSSR count). The van der Waals surface area contributed by atoms with Gasteiger partial charge in [-0.1, -0.05) is 0 Å². The summed E-state index contributed by atoms with van der Waals surface area (Å²) in [5, 5.41) is 15.8. The first-order valence-electron chi connectivity index (χ1n) is 9.32. The smallest absolute Gasteiger partial charge is 0.341 e. The minimum atomic E-state index is -1.05. The number of hydrogen-bond donors (Lipinski definition) is 1. The van der Waals surface area contributed by atoms with E-state index in [1.165, 1.54) is 0 Å². The van der Waals surface area contributed by atoms with Crippen LogP contribution in [0.3, 0.4) is 0 Å². The Kier molecular flexibility index (Phi) is 6.49. The number of aromatic nitrogens is 1. The average molecular weight is 449 g/mol. The van der Waals surface area contributed by atoms with Crippen LogP contribution in [0.2, 0.25) is 0 Å². The molecule has 0 aromatic carbocycles. The van der Waals surface area contributed by atoms with Crippen molar-refractivity contribution in [2.75, 3.05) is 19.0 Å². The minimum absolute atomic E-state index is 0.172. The third-order valence-electron chi connectivity index (χ3n) is 4.57. The lowest BCUT2D eigenvalue weighted by atomic mass is 10.1. The van der Waals surface area contributed by atoms with Gasteiger partial charge in [-0.15, -0.1) is 11.3 Å². The number of nitrogens with zero attached hydrogens (tertiary/aromatic N) is 2. The van der Waals surface area contributed by atoms with Gasteiger partial charge in [-0.25, -0.2) is 9.59 Å². The topological polar surface area (TPSA) is 147 Å². The number of ether oxygens (including phenoxy) is 2. The van der Waals surface area contributed by atoms with Crippen LogP contribution in [-0.2, 0) is 20.8 Å². The summed E-state index contributed by atoms with van der Waals surface area (Å²) in [6.45, 7) is 1.24. The fourth-order valence-electron chi connectivity index (χ4n) is 2.99. The van der Waals surface area contributed by atoms with Gasteiger partial charge in [0.15, 0.2) is 0 Å². The lowest BCUT2D eigenvalue weighted by molar-refractivity contribution is -0.386. The molecule has 11 nitrogen and oxygen atoms in total. The van der Waals surface area contributed by atoms with E-state index in [-0.39, 0.29) is 28.7 Å². The van der Waals surface area contributed by atoms with Crippen molar-refractivity contribution in [3.63, 3.8) is 0 Å². The van der Waals surface area contributed by atoms with Gasteiger partial charge in [0.1, 0.15) is 11.5 Å². The van der Waals surface area contributed by atoms with Gasteiger partial charge in [0.2, 0.25) is 5.91 Å². The Hall–Kier alpha value is -3.54. The fraction of sp³-hybridized carbons (Fsp3) is 0.368. The standard InChI is InChI=1S/C19H19N3O8S/c1-3-30-19(26)15-12(10-4-5-10)9-31-16(15)20-14(23)8-21-7-11(18(25)29-2)6-13(17(21)24)22(27)28/h6-7,9-10H,3-5,8H2,1-2H3,(H,20,23). The molecule has 31 heavy (non-hydrogen) atoms. The number of nitrogens with one attached hydrogen (secondary N) is 1. The molecule has 1 fully saturated rings. The molecule has 0 bridgehead atoms. The maximum atomic E-state index is 12.6. The molecular weight excluding hydrogens is 430 g/mol. The number of hydrogen-bond acceptors (Lipinski definition) is 9. The maximum absolute atomic E-state index is 12.6. The summed E-state index contributed by atoms with van der Waals surface area (Å²) in [5.74, 6) is -1.91. The molecule has 0 atom stereocenters. The summed E-state index contributed by atoms with van der Waals surface area (Å²) in [7, 11) is 1.08. The second-order valence-corrected chi connectivity index (χ2v) is 7.61. The van der Waals surface area contributed by atoms with Crippen LogP contribution in [0.1, 0.15) is 52.0 Å². The number of esters is 2. The van der Waals surface area contributed by atoms with Gasteiger partial charge in [-0.2, -0.15) is 0 Å². The normalized spacial score (nSPS) is 12.8. The Morgan fingerprint density at radius 3 is 2.61 bits per heavy atom. The quantitative estimate of drug-likeness (QED) is 0.367. The van der Waals surface area contributed by atoms with E-state index >= 15 is 0 Å². The van der Waals surface area contributed by atoms with Crippen LogP contribution >= 0.6 is 11.3 Å². The summed E-state index contributed by atoms with van der Waals surface area (Å²) in [6, 6.07) is 0.794. The second kappa shape index (κ2) is 9.08. The van der Waals surface area contributed by atoms with Crippen LogP contribution in [0.4, 0.5) is 10.7 Å². The average Bonchev–Trinajstić information content (AvgIpc) is 3.49. The maximum Gasteiger partial charge on any atom is 0.341 e. The van der Waals surface area contributed by atoms with Crippen LogP contribution in [0.25, 0.3) is 0 Å². The van der Waals surface area contributed by atoms with Crippen LogP contribution < -0.4 is 10.9 Å². The van der Waals surface area contributed by atoms with Crippen LogP contribution in [0.15, 0.2) is 22.4 Å². The van der Waals surface area contributed by atoms with E-state index in [2.05, 4.69) is 10.1 Å². The van der Waals surface area contributed by atoms with Crippen molar-refractivity contribution < 1.29 is 28.8 Å². The van der Waals surface area contributed by atoms with E-state index in [1.807, 2.05) is 0 Å². The highest BCUT2D eigenvalue weighted by Gasteiger charge is 2.32. The lowest BCUT2D eigenvalue weighted by Crippen LogP contribution is -2.30. The van der Waals surface area contributed by atoms with Gasteiger partial charge in [-0.05, 0) is 36.6 Å². The zero-order valence-corrected chi connectivity index (χ0v) is 17.5. The van der Waals surface area contributed by atoms with E-state index in [1.54, 1.807) is 12.3 Å². The Bertz CT molecular complexity index is 1120. The summed E-state index contributed by atoms with van der Waals surface area (Å²) in [4.78, 5) is 59.3. The number of carbonyl (C=O) groups excluding carboxylic acids is 3. The largest absolute Gasteiger partial charge is 0.465 e. The van der Waals surface area contributed by atoms with Gasteiger partial charge in [0.25, 0.3) is 0 Å². The lowest BCUT2D eigenvalue weighted by Gasteiger charge is -2.10. The summed E-state index contributed by atoms with van der Waals surface area (Å²) >= 11 is 1.16. The number of methoxy groups -OCH3 is 1. The molecule has 1 saturated carbocycles. The van der Waals surface area contributed by atoms with E-state index < -0.39 is 40.6 Å². The molecule has 0 spiro atoms. The van der Waals surface area contributed by atoms with Gasteiger partial charge >= 0.3 is 23.2 Å². The highest BCUT2D eigenvalue weighted by Crippen LogP contribution is 2.46. The first-order valence-corrected chi connectivity index (χ1v) is 10.2. The molecule has 12 heteroatoms. The van der Waals surface area contributed by atoms with Crippen molar-refractivity contribution in [1.82, 2.24) is 4.57 Å². The fourth-order valence-corrected chi connectivity index (χ4v) is 4.04. The number of thiophene rings is 1. The summed E-state index contributed by atoms with van der Waals surface area (Å²) in [6.07, 6.45) is 2.89. The van der Waals surface area contributed by atoms with Crippen molar-refractivity contribution in [2.24, 2.45) is 0 Å². The minimum Gasteiger partial charge on any atom is -0.465 e. The Morgan fingerprint density at radius 2 is 2.03 bits per heavy atom. The molecule has 0 aliphatic heterocycles. The number of carbonyl (C=O) groups is 3. The number of pyridine rings is 1. The molecule has 1 aliphatic carbocycles. The zero-order valence-electron chi connectivity index (χ0n) is 16.7. The monoisotopic (exact) mass is 449 g/mol. The first-order chi connectivity index (χ1) is 14.8. The molecule has 0 radical (unpaired) electrons. The molecule has 0 saturated heterocycles. The molecule has 1 amide bonds. The highest BCUT2D eigenvalue weighted by molar-refractivity contribution is 7.15. The molecule has 2 aromatic rings. The highest BCUT2D eigenvalue weighted by atomic mass is 32.1. The molecule has 1 aliphatic rings. The number of rotatable bonds is 8. The predicted octanol–water partition coefficient (Wildman–Crippen LogP) is 2.30. The number of anilines is 1. The van der Waals surface area contributed by atoms with Gasteiger partial charge in [-0.3, -0.25) is 24.3 Å². The van der Waals surface area contributed by atoms with Crippen molar-refractivity contribution in [2.45, 2.75) is 32.2 Å². The molecule has 1 N–H and O–H groups in total. The number of amides is 1. The third kappa shape index (κ3) is 4.79. The van der Waals surface area contributed by atoms with Gasteiger partial charge < -0.3 is 14.8 Å². The second-order valence-electron chi connectivity index (χ2n) is 6.73. The Balaban J connectivity index is 1.89. The SMILES string of the molecule is CCOC(=O)c1c(C2CC2)csc1NC(=O)Cn1cc(C(=O)OC)cc([N+](=O)[O-])c1=O. The van der Waals surface area contributed by atoms with Gasteiger partial charge in [0, 0.05) is 12.3 Å². The van der Waals surface area contributed by atoms with Crippen LogP contribution in [0.5, 0.6) is 0 Å². The van der Waals surface area contributed by atoms with Crippen molar-refractivity contribution >= 4 is 39.9 Å². The zero-order chi connectivity index (χ0) is 22.7. The van der Waals surface area contributed by atoms with E-state index in [4.69, 9.17) is 4.74 Å². The van der Waals surface area contributed by atoms with E-state index in [9.17, 15) is 29.3 Å². The first kappa shape index (κ1) is 22.2. The van der Waals surface area contributed by atoms with E-state index in [0.29, 0.717) is 0 Å². The molecule has 2 heterocycles. The third-order valence-corrected chi connectivity index (χ3v) is 5.48. The van der Waals surface area contributed by atoms with Crippen LogP contribution in [0, 0.1) is 10.1 Å². The summed E-state index contributed by atoms with van der Waals surface area (Å²) < 4.78 is 10.4. The molecule has 164 valence electrons. The number of nitro groups is 1. The van der Waals surface area contributed by atoms with Gasteiger partial charge in [0.05, 0.1) is 29.8 Å². The van der Waals surface area contributed by atoms with Crippen LogP contribution in [-0.4, -0.2) is 41.1 Å². The van der Waals surface area contributed by atoms with Crippen molar-refractivity contribution in [3.8, 4) is 0 Å². The molecule has 2 aromatic heterocycles. The predicted molar refractivity (Wildman–Crippen MR) is 110 cm³/mol. The van der Waals surface area contributed by atoms with Crippen molar-refractivity contribution in [3.05, 3.63) is 54.8 Å². The molecule has 0 unspecified atom stereocenters. The Morgan fingerprint density at radius 1 is 1.32 bits per heavy atom.